The summed E-state index contributed by atoms with van der Waals surface area (Å²) in [7, 11) is -2.34. The lowest BCUT2D eigenvalue weighted by Crippen LogP contribution is -2.54. The van der Waals surface area contributed by atoms with Crippen molar-refractivity contribution in [2.45, 2.75) is 64.0 Å². The Balaban J connectivity index is 1.77. The van der Waals surface area contributed by atoms with E-state index in [1.165, 1.54) is 18.3 Å². The average Bonchev–Trinajstić information content (AvgIpc) is 2.92. The van der Waals surface area contributed by atoms with E-state index in [0.717, 1.165) is 5.56 Å². The van der Waals surface area contributed by atoms with Gasteiger partial charge in [-0.05, 0) is 55.2 Å². The highest BCUT2D eigenvalue weighted by Gasteiger charge is 2.35. The summed E-state index contributed by atoms with van der Waals surface area (Å²) in [6.07, 6.45) is 0.0505. The zero-order valence-corrected chi connectivity index (χ0v) is 24.1. The third-order valence-corrected chi connectivity index (χ3v) is 9.43. The molecule has 4 rings (SSSR count). The topological polar surface area (TPSA) is 109 Å². The number of carbonyl (C=O) groups excluding carboxylic acids is 1. The van der Waals surface area contributed by atoms with E-state index in [1.807, 2.05) is 25.1 Å². The van der Waals surface area contributed by atoms with Gasteiger partial charge >= 0.3 is 0 Å². The molecule has 2 aliphatic rings. The fourth-order valence-electron chi connectivity index (χ4n) is 5.35. The van der Waals surface area contributed by atoms with Crippen LogP contribution in [0.15, 0.2) is 41.3 Å². The van der Waals surface area contributed by atoms with Crippen molar-refractivity contribution in [2.24, 2.45) is 0 Å². The number of aliphatic hydroxyl groups excluding tert-OH is 1. The molecule has 2 aromatic carbocycles. The van der Waals surface area contributed by atoms with Gasteiger partial charge in [0.05, 0.1) is 30.6 Å². The fourth-order valence-corrected chi connectivity index (χ4v) is 6.99. The van der Waals surface area contributed by atoms with Crippen LogP contribution in [0.4, 0.5) is 11.4 Å². The van der Waals surface area contributed by atoms with Gasteiger partial charge in [0.2, 0.25) is 22.3 Å². The Labute approximate surface area is 231 Å². The summed E-state index contributed by atoms with van der Waals surface area (Å²) in [5.74, 6) is 0.162. The number of fused-ring (bicyclic) bond motifs is 1. The summed E-state index contributed by atoms with van der Waals surface area (Å²) in [4.78, 5) is 16.1. The maximum absolute atomic E-state index is 13.4. The van der Waals surface area contributed by atoms with Crippen molar-refractivity contribution in [1.29, 1.82) is 0 Å². The number of nitrogens with zero attached hydrogens (tertiary/aromatic N) is 3. The van der Waals surface area contributed by atoms with Gasteiger partial charge in [0, 0.05) is 39.8 Å². The van der Waals surface area contributed by atoms with Gasteiger partial charge in [0.15, 0.2) is 0 Å². The van der Waals surface area contributed by atoms with Crippen LogP contribution in [0, 0.1) is 0 Å². The lowest BCUT2D eigenvalue weighted by atomic mass is 10.0. The van der Waals surface area contributed by atoms with Crippen LogP contribution in [0.3, 0.4) is 0 Å². The molecule has 0 radical (unpaired) electrons. The lowest BCUT2D eigenvalue weighted by molar-refractivity contribution is -0.157. The van der Waals surface area contributed by atoms with Gasteiger partial charge in [-0.25, -0.2) is 8.42 Å². The number of amides is 1. The first-order valence-electron chi connectivity index (χ1n) is 13.4. The molecule has 2 heterocycles. The molecule has 0 aliphatic carbocycles. The van der Waals surface area contributed by atoms with Crippen molar-refractivity contribution < 1.29 is 32.5 Å². The molecule has 39 heavy (non-hydrogen) atoms. The monoisotopic (exact) mass is 561 g/mol. The van der Waals surface area contributed by atoms with Gasteiger partial charge in [-0.1, -0.05) is 26.0 Å². The summed E-state index contributed by atoms with van der Waals surface area (Å²) in [6.45, 7) is 9.26. The van der Waals surface area contributed by atoms with E-state index in [1.54, 1.807) is 41.8 Å². The van der Waals surface area contributed by atoms with Crippen LogP contribution >= 0.6 is 0 Å². The zero-order valence-electron chi connectivity index (χ0n) is 23.3. The van der Waals surface area contributed by atoms with Gasteiger partial charge in [0.1, 0.15) is 10.6 Å². The Morgan fingerprint density at radius 3 is 2.36 bits per heavy atom. The van der Waals surface area contributed by atoms with Crippen molar-refractivity contribution >= 4 is 27.3 Å². The standard InChI is InChI=1S/C28H39N3O7S/c1-6-29(7-2)39(34,35)27-17-22(9-11-26(27)36-5)21-8-10-24-25(16-21)30(18-19(3)31(24)20(4)32)28(33)38-23-12-14-37-15-13-23/h8-11,16-17,19,23,28,33H,6-7,12-15,18H2,1-5H3/t19-,28?/m0/s1. The molecule has 2 aliphatic heterocycles. The van der Waals surface area contributed by atoms with Crippen LogP contribution in [0.5, 0.6) is 5.75 Å². The highest BCUT2D eigenvalue weighted by molar-refractivity contribution is 7.89. The molecule has 11 heteroatoms. The molecule has 2 atom stereocenters. The largest absolute Gasteiger partial charge is 0.495 e. The molecule has 0 bridgehead atoms. The summed E-state index contributed by atoms with van der Waals surface area (Å²) < 4.78 is 45.0. The zero-order chi connectivity index (χ0) is 28.3. The van der Waals surface area contributed by atoms with E-state index in [-0.39, 0.29) is 28.7 Å². The van der Waals surface area contributed by atoms with Crippen LogP contribution < -0.4 is 14.5 Å². The van der Waals surface area contributed by atoms with Gasteiger partial charge in [0.25, 0.3) is 0 Å². The maximum Gasteiger partial charge on any atom is 0.246 e. The molecule has 1 saturated heterocycles. The van der Waals surface area contributed by atoms with Crippen molar-refractivity contribution in [1.82, 2.24) is 4.31 Å². The third-order valence-electron chi connectivity index (χ3n) is 7.35. The molecule has 1 fully saturated rings. The second-order valence-electron chi connectivity index (χ2n) is 9.82. The van der Waals surface area contributed by atoms with Gasteiger partial charge in [-0.3, -0.25) is 4.79 Å². The molecule has 2 aromatic rings. The minimum atomic E-state index is -3.78. The van der Waals surface area contributed by atoms with E-state index in [0.29, 0.717) is 62.6 Å². The average molecular weight is 562 g/mol. The first-order chi connectivity index (χ1) is 18.6. The minimum absolute atomic E-state index is 0.0858. The Bertz CT molecular complexity index is 1280. The number of rotatable bonds is 9. The van der Waals surface area contributed by atoms with E-state index in [9.17, 15) is 18.3 Å². The Morgan fingerprint density at radius 1 is 1.10 bits per heavy atom. The number of hydrogen-bond acceptors (Lipinski definition) is 8. The Morgan fingerprint density at radius 2 is 1.74 bits per heavy atom. The molecule has 1 unspecified atom stereocenters. The van der Waals surface area contributed by atoms with E-state index >= 15 is 0 Å². The lowest BCUT2D eigenvalue weighted by Gasteiger charge is -2.44. The minimum Gasteiger partial charge on any atom is -0.495 e. The number of carbonyl (C=O) groups is 1. The number of ether oxygens (including phenoxy) is 3. The number of methoxy groups -OCH3 is 1. The van der Waals surface area contributed by atoms with Crippen molar-refractivity contribution in [2.75, 3.05) is 49.8 Å². The van der Waals surface area contributed by atoms with Crippen LogP contribution in [0.1, 0.15) is 40.5 Å². The molecule has 0 saturated carbocycles. The van der Waals surface area contributed by atoms with Crippen LogP contribution in [0.2, 0.25) is 0 Å². The van der Waals surface area contributed by atoms with Gasteiger partial charge < -0.3 is 29.1 Å². The fraction of sp³-hybridized carbons (Fsp3) is 0.536. The molecular weight excluding hydrogens is 522 g/mol. The van der Waals surface area contributed by atoms with Gasteiger partial charge in [-0.15, -0.1) is 0 Å². The quantitative estimate of drug-likeness (QED) is 0.464. The number of sulfonamides is 1. The van der Waals surface area contributed by atoms with Crippen LogP contribution in [-0.4, -0.2) is 82.3 Å². The number of aliphatic hydroxyl groups is 1. The molecular formula is C28H39N3O7S. The van der Waals surface area contributed by atoms with Crippen molar-refractivity contribution in [3.05, 3.63) is 36.4 Å². The van der Waals surface area contributed by atoms with Crippen molar-refractivity contribution in [3.63, 3.8) is 0 Å². The Hall–Kier alpha value is -2.70. The molecule has 1 amide bonds. The Kier molecular flexibility index (Phi) is 9.18. The maximum atomic E-state index is 13.4. The highest BCUT2D eigenvalue weighted by Crippen LogP contribution is 2.41. The van der Waals surface area contributed by atoms with Gasteiger partial charge in [-0.2, -0.15) is 4.31 Å². The second kappa shape index (κ2) is 12.2. The number of benzene rings is 2. The molecule has 0 aromatic heterocycles. The number of anilines is 2. The molecule has 1 N–H and O–H groups in total. The highest BCUT2D eigenvalue weighted by atomic mass is 32.2. The first kappa shape index (κ1) is 29.3. The second-order valence-corrected chi connectivity index (χ2v) is 11.7. The SMILES string of the molecule is CCN(CC)S(=O)(=O)c1cc(-c2ccc3c(c2)N(C(O)OC2CCOCC2)C[C@H](C)N3C(C)=O)ccc1OC. The first-order valence-corrected chi connectivity index (χ1v) is 14.9. The third kappa shape index (κ3) is 5.92. The van der Waals surface area contributed by atoms with E-state index in [4.69, 9.17) is 14.2 Å². The molecule has 10 nitrogen and oxygen atoms in total. The summed E-state index contributed by atoms with van der Waals surface area (Å²) in [5.41, 5.74) is 2.68. The van der Waals surface area contributed by atoms with E-state index < -0.39 is 16.4 Å². The summed E-state index contributed by atoms with van der Waals surface area (Å²) in [5, 5.41) is 11.2. The normalized spacial score (nSPS) is 19.2. The van der Waals surface area contributed by atoms with Crippen molar-refractivity contribution in [3.8, 4) is 16.9 Å². The van der Waals surface area contributed by atoms with Crippen LogP contribution in [0.25, 0.3) is 11.1 Å². The number of hydrogen-bond donors (Lipinski definition) is 1. The molecule has 0 spiro atoms. The predicted octanol–water partition coefficient (Wildman–Crippen LogP) is 3.43. The summed E-state index contributed by atoms with van der Waals surface area (Å²) in [6, 6.07) is 10.4. The van der Waals surface area contributed by atoms with E-state index in [2.05, 4.69) is 0 Å². The smallest absolute Gasteiger partial charge is 0.246 e. The molecule has 214 valence electrons. The summed E-state index contributed by atoms with van der Waals surface area (Å²) >= 11 is 0. The predicted molar refractivity (Wildman–Crippen MR) is 149 cm³/mol. The van der Waals surface area contributed by atoms with Crippen LogP contribution in [-0.2, 0) is 24.3 Å².